The van der Waals surface area contributed by atoms with Crippen LogP contribution in [0.5, 0.6) is 5.75 Å². The number of phenols is 1. The Hall–Kier alpha value is -1.07. The second kappa shape index (κ2) is 4.43. The molecule has 0 atom stereocenters. The molecule has 4 nitrogen and oxygen atoms in total. The minimum atomic E-state index is -0.254. The minimum Gasteiger partial charge on any atom is -0.507 e. The highest BCUT2D eigenvalue weighted by atomic mass is 79.9. The summed E-state index contributed by atoms with van der Waals surface area (Å²) in [5.41, 5.74) is 5.92. The summed E-state index contributed by atoms with van der Waals surface area (Å²) < 4.78 is 0.765. The number of carbonyl (C=O) groups excluding carboxylic acids is 1. The maximum Gasteiger partial charge on any atom is 0.255 e. The highest BCUT2D eigenvalue weighted by Gasteiger charge is 2.28. The van der Waals surface area contributed by atoms with Crippen molar-refractivity contribution in [2.75, 3.05) is 0 Å². The topological polar surface area (TPSA) is 75.3 Å². The van der Waals surface area contributed by atoms with Crippen molar-refractivity contribution in [1.29, 1.82) is 0 Å². The predicted octanol–water partition coefficient (Wildman–Crippen LogP) is 1.37. The smallest absolute Gasteiger partial charge is 0.255 e. The zero-order chi connectivity index (χ0) is 11.7. The number of nitrogens with two attached hydrogens (primary N) is 1. The highest BCUT2D eigenvalue weighted by molar-refractivity contribution is 9.10. The first-order chi connectivity index (χ1) is 7.56. The van der Waals surface area contributed by atoms with Gasteiger partial charge in [0.2, 0.25) is 0 Å². The molecule has 0 unspecified atom stereocenters. The van der Waals surface area contributed by atoms with Crippen LogP contribution < -0.4 is 11.1 Å². The summed E-state index contributed by atoms with van der Waals surface area (Å²) in [6, 6.07) is 5.11. The quantitative estimate of drug-likeness (QED) is 0.768. The molecule has 1 saturated carbocycles. The van der Waals surface area contributed by atoms with Crippen LogP contribution in [-0.4, -0.2) is 23.1 Å². The summed E-state index contributed by atoms with van der Waals surface area (Å²) in [4.78, 5) is 11.8. The molecule has 0 spiro atoms. The Morgan fingerprint density at radius 2 is 2.19 bits per heavy atom. The van der Waals surface area contributed by atoms with Gasteiger partial charge in [0.15, 0.2) is 0 Å². The lowest BCUT2D eigenvalue weighted by atomic mass is 9.87. The van der Waals surface area contributed by atoms with E-state index in [1.807, 2.05) is 0 Å². The van der Waals surface area contributed by atoms with Crippen LogP contribution in [0.3, 0.4) is 0 Å². The van der Waals surface area contributed by atoms with Gasteiger partial charge in [0.1, 0.15) is 5.75 Å². The lowest BCUT2D eigenvalue weighted by molar-refractivity contribution is 0.0907. The molecule has 0 radical (unpaired) electrons. The van der Waals surface area contributed by atoms with Crippen molar-refractivity contribution in [2.45, 2.75) is 24.9 Å². The third-order valence-corrected chi connectivity index (χ3v) is 3.21. The molecule has 1 amide bonds. The Labute approximate surface area is 102 Å². The molecule has 0 bridgehead atoms. The fraction of sp³-hybridized carbons (Fsp3) is 0.364. The van der Waals surface area contributed by atoms with Crippen molar-refractivity contribution in [3.8, 4) is 5.75 Å². The lowest BCUT2D eigenvalue weighted by Gasteiger charge is -2.33. The summed E-state index contributed by atoms with van der Waals surface area (Å²) in [7, 11) is 0. The van der Waals surface area contributed by atoms with Gasteiger partial charge in [-0.2, -0.15) is 0 Å². The van der Waals surface area contributed by atoms with Crippen LogP contribution >= 0.6 is 15.9 Å². The van der Waals surface area contributed by atoms with Crippen molar-refractivity contribution < 1.29 is 9.90 Å². The number of hydrogen-bond acceptors (Lipinski definition) is 3. The molecule has 4 N–H and O–H groups in total. The first kappa shape index (κ1) is 11.4. The Morgan fingerprint density at radius 1 is 1.50 bits per heavy atom. The molecule has 1 fully saturated rings. The van der Waals surface area contributed by atoms with Crippen molar-refractivity contribution in [3.63, 3.8) is 0 Å². The Bertz CT molecular complexity index is 416. The molecule has 1 aliphatic rings. The standard InChI is InChI=1S/C11H13BrN2O2/c12-6-1-2-10(15)9(3-6)11(16)14-8-4-7(13)5-8/h1-3,7-8,15H,4-5,13H2,(H,14,16). The van der Waals surface area contributed by atoms with E-state index in [9.17, 15) is 9.90 Å². The molecule has 0 saturated heterocycles. The monoisotopic (exact) mass is 284 g/mol. The van der Waals surface area contributed by atoms with E-state index in [1.54, 1.807) is 12.1 Å². The number of halogens is 1. The van der Waals surface area contributed by atoms with Crippen LogP contribution in [0.4, 0.5) is 0 Å². The highest BCUT2D eigenvalue weighted by Crippen LogP contribution is 2.23. The first-order valence-corrected chi connectivity index (χ1v) is 5.90. The normalized spacial score (nSPS) is 23.6. The number of amides is 1. The van der Waals surface area contributed by atoms with Crippen LogP contribution in [0.15, 0.2) is 22.7 Å². The molecule has 0 aromatic heterocycles. The van der Waals surface area contributed by atoms with Crippen molar-refractivity contribution >= 4 is 21.8 Å². The van der Waals surface area contributed by atoms with Gasteiger partial charge in [-0.1, -0.05) is 15.9 Å². The van der Waals surface area contributed by atoms with Gasteiger partial charge in [-0.3, -0.25) is 4.79 Å². The number of nitrogens with one attached hydrogen (secondary N) is 1. The number of rotatable bonds is 2. The largest absolute Gasteiger partial charge is 0.507 e. The van der Waals surface area contributed by atoms with Gasteiger partial charge in [-0.15, -0.1) is 0 Å². The van der Waals surface area contributed by atoms with E-state index in [0.717, 1.165) is 17.3 Å². The van der Waals surface area contributed by atoms with Crippen molar-refractivity contribution in [3.05, 3.63) is 28.2 Å². The summed E-state index contributed by atoms with van der Waals surface area (Å²) in [6.45, 7) is 0. The summed E-state index contributed by atoms with van der Waals surface area (Å²) in [5, 5.41) is 12.4. The van der Waals surface area contributed by atoms with E-state index in [0.29, 0.717) is 0 Å². The average molecular weight is 285 g/mol. The Kier molecular flexibility index (Phi) is 3.16. The fourth-order valence-corrected chi connectivity index (χ4v) is 2.09. The fourth-order valence-electron chi connectivity index (χ4n) is 1.73. The molecule has 1 aromatic carbocycles. The van der Waals surface area contributed by atoms with E-state index in [-0.39, 0.29) is 29.3 Å². The van der Waals surface area contributed by atoms with E-state index in [4.69, 9.17) is 5.73 Å². The zero-order valence-corrected chi connectivity index (χ0v) is 10.2. The van der Waals surface area contributed by atoms with E-state index >= 15 is 0 Å². The third-order valence-electron chi connectivity index (χ3n) is 2.71. The minimum absolute atomic E-state index is 0.00989. The SMILES string of the molecule is NC1CC(NC(=O)c2cc(Br)ccc2O)C1. The van der Waals surface area contributed by atoms with Gasteiger partial charge in [-0.05, 0) is 31.0 Å². The zero-order valence-electron chi connectivity index (χ0n) is 8.61. The second-order valence-electron chi connectivity index (χ2n) is 4.06. The van der Waals surface area contributed by atoms with Crippen LogP contribution in [0.2, 0.25) is 0 Å². The maximum absolute atomic E-state index is 11.8. The summed E-state index contributed by atoms with van der Waals surface area (Å²) >= 11 is 3.26. The van der Waals surface area contributed by atoms with E-state index in [2.05, 4.69) is 21.2 Å². The molecule has 1 aliphatic carbocycles. The number of hydrogen-bond donors (Lipinski definition) is 3. The van der Waals surface area contributed by atoms with Gasteiger partial charge < -0.3 is 16.2 Å². The molecule has 1 aromatic rings. The molecule has 0 aliphatic heterocycles. The Morgan fingerprint density at radius 3 is 2.81 bits per heavy atom. The molecule has 2 rings (SSSR count). The van der Waals surface area contributed by atoms with Crippen LogP contribution in [-0.2, 0) is 0 Å². The van der Waals surface area contributed by atoms with Gasteiger partial charge in [0.25, 0.3) is 5.91 Å². The molecular formula is C11H13BrN2O2. The van der Waals surface area contributed by atoms with E-state index < -0.39 is 0 Å². The average Bonchev–Trinajstić information content (AvgIpc) is 2.19. The van der Waals surface area contributed by atoms with Crippen molar-refractivity contribution in [2.24, 2.45) is 5.73 Å². The third kappa shape index (κ3) is 2.36. The maximum atomic E-state index is 11.8. The number of benzene rings is 1. The predicted molar refractivity (Wildman–Crippen MR) is 64.3 cm³/mol. The molecule has 0 heterocycles. The number of phenolic OH excluding ortho intramolecular Hbond substituents is 1. The molecule has 5 heteroatoms. The van der Waals surface area contributed by atoms with Gasteiger partial charge in [-0.25, -0.2) is 0 Å². The molecule has 16 heavy (non-hydrogen) atoms. The lowest BCUT2D eigenvalue weighted by Crippen LogP contribution is -2.50. The van der Waals surface area contributed by atoms with Crippen molar-refractivity contribution in [1.82, 2.24) is 5.32 Å². The summed E-state index contributed by atoms with van der Waals surface area (Å²) in [6.07, 6.45) is 1.61. The van der Waals surface area contributed by atoms with Gasteiger partial charge in [0, 0.05) is 16.6 Å². The molecule has 86 valence electrons. The van der Waals surface area contributed by atoms with Gasteiger partial charge in [0.05, 0.1) is 5.56 Å². The summed E-state index contributed by atoms with van der Waals surface area (Å²) in [5.74, 6) is -0.264. The van der Waals surface area contributed by atoms with Gasteiger partial charge >= 0.3 is 0 Å². The molecular weight excluding hydrogens is 272 g/mol. The van der Waals surface area contributed by atoms with Crippen LogP contribution in [0.25, 0.3) is 0 Å². The number of carbonyl (C=O) groups is 1. The Balaban J connectivity index is 2.05. The first-order valence-electron chi connectivity index (χ1n) is 5.11. The van der Waals surface area contributed by atoms with Crippen LogP contribution in [0, 0.1) is 0 Å². The number of aromatic hydroxyl groups is 1. The second-order valence-corrected chi connectivity index (χ2v) is 4.98. The van der Waals surface area contributed by atoms with E-state index in [1.165, 1.54) is 6.07 Å². The van der Waals surface area contributed by atoms with Crippen LogP contribution in [0.1, 0.15) is 23.2 Å².